The van der Waals surface area contributed by atoms with Gasteiger partial charge in [0, 0.05) is 45.0 Å². The van der Waals surface area contributed by atoms with Crippen LogP contribution in [0.3, 0.4) is 0 Å². The molecule has 0 saturated carbocycles. The van der Waals surface area contributed by atoms with Crippen molar-refractivity contribution < 1.29 is 18.7 Å². The lowest BCUT2D eigenvalue weighted by molar-refractivity contribution is -0.146. The number of benzene rings is 1. The Kier molecular flexibility index (Phi) is 5.02. The Morgan fingerprint density at radius 3 is 2.83 bits per heavy atom. The first-order valence-corrected chi connectivity index (χ1v) is 9.83. The van der Waals surface area contributed by atoms with E-state index in [0.717, 1.165) is 12.8 Å². The number of likely N-dealkylation sites (tertiary alicyclic amines) is 2. The molecule has 1 atom stereocenters. The van der Waals surface area contributed by atoms with E-state index in [1.807, 2.05) is 0 Å². The summed E-state index contributed by atoms with van der Waals surface area (Å²) >= 11 is 0. The lowest BCUT2D eigenvalue weighted by atomic mass is 9.78. The first-order chi connectivity index (χ1) is 13.9. The zero-order valence-electron chi connectivity index (χ0n) is 16.7. The van der Waals surface area contributed by atoms with Crippen molar-refractivity contribution in [3.8, 4) is 5.75 Å². The molecule has 0 unspecified atom stereocenters. The normalized spacial score (nSPS) is 21.8. The second-order valence-corrected chi connectivity index (χ2v) is 7.88. The highest BCUT2D eigenvalue weighted by Gasteiger charge is 2.49. The topological polar surface area (TPSA) is 67.7 Å². The molecule has 154 valence electrons. The Morgan fingerprint density at radius 2 is 2.10 bits per heavy atom. The lowest BCUT2D eigenvalue weighted by Gasteiger charge is -2.39. The van der Waals surface area contributed by atoms with Gasteiger partial charge < -0.3 is 14.5 Å². The van der Waals surface area contributed by atoms with Gasteiger partial charge in [-0.25, -0.2) is 4.39 Å². The summed E-state index contributed by atoms with van der Waals surface area (Å²) in [5.74, 6) is 0.115. The summed E-state index contributed by atoms with van der Waals surface area (Å²) in [6.07, 6.45) is 3.81. The molecule has 29 heavy (non-hydrogen) atoms. The van der Waals surface area contributed by atoms with Crippen molar-refractivity contribution in [2.45, 2.75) is 25.8 Å². The van der Waals surface area contributed by atoms with Gasteiger partial charge in [0.15, 0.2) is 0 Å². The highest BCUT2D eigenvalue weighted by Crippen LogP contribution is 2.41. The maximum atomic E-state index is 14.3. The van der Waals surface area contributed by atoms with Crippen LogP contribution in [-0.2, 0) is 18.4 Å². The van der Waals surface area contributed by atoms with Crippen LogP contribution in [0.5, 0.6) is 5.75 Å². The minimum atomic E-state index is -0.582. The van der Waals surface area contributed by atoms with Gasteiger partial charge in [-0.15, -0.1) is 0 Å². The highest BCUT2D eigenvalue weighted by atomic mass is 19.1. The third kappa shape index (κ3) is 3.47. The fourth-order valence-corrected chi connectivity index (χ4v) is 4.48. The molecular weight excluding hydrogens is 375 g/mol. The van der Waals surface area contributed by atoms with E-state index in [2.05, 4.69) is 5.10 Å². The van der Waals surface area contributed by atoms with Crippen LogP contribution in [0.25, 0.3) is 0 Å². The van der Waals surface area contributed by atoms with Crippen molar-refractivity contribution in [2.75, 3.05) is 26.7 Å². The predicted octanol–water partition coefficient (Wildman–Crippen LogP) is 2.22. The first-order valence-electron chi connectivity index (χ1n) is 9.83. The van der Waals surface area contributed by atoms with Crippen molar-refractivity contribution in [1.82, 2.24) is 19.6 Å². The van der Waals surface area contributed by atoms with Crippen LogP contribution in [0.15, 0.2) is 30.5 Å². The maximum absolute atomic E-state index is 14.3. The predicted molar refractivity (Wildman–Crippen MR) is 104 cm³/mol. The SMILES string of the molecule is COc1ccc(F)c(CN2CCC[C@@]3(CCN(C(=O)c4ccnn4C)C3)C2=O)c1. The maximum Gasteiger partial charge on any atom is 0.272 e. The summed E-state index contributed by atoms with van der Waals surface area (Å²) < 4.78 is 21.0. The summed E-state index contributed by atoms with van der Waals surface area (Å²) in [6, 6.07) is 6.25. The number of methoxy groups -OCH3 is 1. The molecule has 0 radical (unpaired) electrons. The lowest BCUT2D eigenvalue weighted by Crippen LogP contribution is -2.50. The van der Waals surface area contributed by atoms with Crippen molar-refractivity contribution >= 4 is 11.8 Å². The zero-order chi connectivity index (χ0) is 20.6. The molecule has 4 rings (SSSR count). The van der Waals surface area contributed by atoms with E-state index >= 15 is 0 Å². The minimum absolute atomic E-state index is 0.00581. The smallest absolute Gasteiger partial charge is 0.272 e. The third-order valence-corrected chi connectivity index (χ3v) is 6.12. The molecule has 8 heteroatoms. The molecule has 3 heterocycles. The number of carbonyl (C=O) groups excluding carboxylic acids is 2. The van der Waals surface area contributed by atoms with E-state index in [1.165, 1.54) is 13.2 Å². The molecule has 7 nitrogen and oxygen atoms in total. The highest BCUT2D eigenvalue weighted by molar-refractivity contribution is 5.94. The summed E-state index contributed by atoms with van der Waals surface area (Å²) in [6.45, 7) is 1.73. The minimum Gasteiger partial charge on any atom is -0.497 e. The van der Waals surface area contributed by atoms with E-state index < -0.39 is 5.41 Å². The van der Waals surface area contributed by atoms with Crippen molar-refractivity contribution in [3.05, 3.63) is 47.5 Å². The third-order valence-electron chi connectivity index (χ3n) is 6.12. The van der Waals surface area contributed by atoms with E-state index in [0.29, 0.717) is 43.1 Å². The average molecular weight is 400 g/mol. The number of carbonyl (C=O) groups is 2. The number of nitrogens with zero attached hydrogens (tertiary/aromatic N) is 4. The standard InChI is InChI=1S/C21H25FN4O3/c1-24-18(6-9-23-24)19(27)26-11-8-21(14-26)7-3-10-25(20(21)28)13-15-12-16(29-2)4-5-17(15)22/h4-6,9,12H,3,7-8,10-11,13-14H2,1-2H3/t21-/m0/s1. The Labute approximate surface area is 169 Å². The largest absolute Gasteiger partial charge is 0.497 e. The Balaban J connectivity index is 1.50. The molecule has 1 spiro atoms. The van der Waals surface area contributed by atoms with Gasteiger partial charge in [0.1, 0.15) is 17.3 Å². The van der Waals surface area contributed by atoms with Gasteiger partial charge in [-0.2, -0.15) is 5.10 Å². The van der Waals surface area contributed by atoms with Crippen LogP contribution >= 0.6 is 0 Å². The molecular formula is C21H25FN4O3. The molecule has 2 aliphatic heterocycles. The van der Waals surface area contributed by atoms with Crippen LogP contribution in [0.2, 0.25) is 0 Å². The Bertz CT molecular complexity index is 944. The van der Waals surface area contributed by atoms with E-state index in [9.17, 15) is 14.0 Å². The molecule has 2 saturated heterocycles. The molecule has 2 aliphatic rings. The Morgan fingerprint density at radius 1 is 1.28 bits per heavy atom. The van der Waals surface area contributed by atoms with E-state index in [4.69, 9.17) is 4.74 Å². The van der Waals surface area contributed by atoms with Crippen molar-refractivity contribution in [2.24, 2.45) is 12.5 Å². The van der Waals surface area contributed by atoms with Crippen LogP contribution < -0.4 is 4.74 Å². The number of rotatable bonds is 4. The van der Waals surface area contributed by atoms with E-state index in [-0.39, 0.29) is 24.2 Å². The summed E-state index contributed by atoms with van der Waals surface area (Å²) in [7, 11) is 3.26. The zero-order valence-corrected chi connectivity index (χ0v) is 16.7. The van der Waals surface area contributed by atoms with E-state index in [1.54, 1.807) is 45.9 Å². The van der Waals surface area contributed by atoms with Crippen LogP contribution in [0.4, 0.5) is 4.39 Å². The molecule has 2 aromatic rings. The summed E-state index contributed by atoms with van der Waals surface area (Å²) in [5, 5.41) is 4.06. The summed E-state index contributed by atoms with van der Waals surface area (Å²) in [5.41, 5.74) is 0.373. The number of hydrogen-bond donors (Lipinski definition) is 0. The number of aromatic nitrogens is 2. The van der Waals surface area contributed by atoms with Crippen LogP contribution in [0.1, 0.15) is 35.3 Å². The van der Waals surface area contributed by atoms with Gasteiger partial charge in [0.05, 0.1) is 12.5 Å². The second-order valence-electron chi connectivity index (χ2n) is 7.88. The molecule has 2 amide bonds. The van der Waals surface area contributed by atoms with Crippen LogP contribution in [-0.4, -0.2) is 58.1 Å². The molecule has 1 aromatic carbocycles. The average Bonchev–Trinajstić information content (AvgIpc) is 3.34. The number of aryl methyl sites for hydroxylation is 1. The molecule has 0 bridgehead atoms. The molecule has 2 fully saturated rings. The molecule has 1 aromatic heterocycles. The fraction of sp³-hybridized carbons (Fsp3) is 0.476. The summed E-state index contributed by atoms with van der Waals surface area (Å²) in [4.78, 5) is 29.6. The number of amides is 2. The van der Waals surface area contributed by atoms with Gasteiger partial charge in [0.2, 0.25) is 5.91 Å². The first kappa shape index (κ1) is 19.4. The number of piperidine rings is 1. The van der Waals surface area contributed by atoms with Crippen molar-refractivity contribution in [1.29, 1.82) is 0 Å². The van der Waals surface area contributed by atoms with Crippen molar-refractivity contribution in [3.63, 3.8) is 0 Å². The number of hydrogen-bond acceptors (Lipinski definition) is 4. The van der Waals surface area contributed by atoms with Crippen LogP contribution in [0, 0.1) is 11.2 Å². The number of ether oxygens (including phenoxy) is 1. The van der Waals surface area contributed by atoms with Gasteiger partial charge >= 0.3 is 0 Å². The second kappa shape index (κ2) is 7.50. The quantitative estimate of drug-likeness (QED) is 0.789. The van der Waals surface area contributed by atoms with Gasteiger partial charge in [-0.3, -0.25) is 14.3 Å². The molecule has 0 aliphatic carbocycles. The van der Waals surface area contributed by atoms with Gasteiger partial charge in [-0.05, 0) is 43.5 Å². The number of halogens is 1. The van der Waals surface area contributed by atoms with Gasteiger partial charge in [0.25, 0.3) is 5.91 Å². The fourth-order valence-electron chi connectivity index (χ4n) is 4.48. The monoisotopic (exact) mass is 400 g/mol. The molecule has 0 N–H and O–H groups in total. The van der Waals surface area contributed by atoms with Gasteiger partial charge in [-0.1, -0.05) is 0 Å². The Hall–Kier alpha value is -2.90.